The lowest BCUT2D eigenvalue weighted by Crippen LogP contribution is -2.32. The van der Waals surface area contributed by atoms with E-state index in [2.05, 4.69) is 15.8 Å². The summed E-state index contributed by atoms with van der Waals surface area (Å²) in [5.74, 6) is -1.57. The third-order valence-electron chi connectivity index (χ3n) is 3.15. The van der Waals surface area contributed by atoms with Gasteiger partial charge in [-0.2, -0.15) is 5.10 Å². The van der Waals surface area contributed by atoms with Gasteiger partial charge in [0.2, 0.25) is 0 Å². The van der Waals surface area contributed by atoms with E-state index >= 15 is 0 Å². The molecule has 0 heterocycles. The van der Waals surface area contributed by atoms with Crippen LogP contribution < -0.4 is 10.7 Å². The van der Waals surface area contributed by atoms with E-state index in [-0.39, 0.29) is 0 Å². The second-order valence-electron chi connectivity index (χ2n) is 4.86. The number of hydrazone groups is 1. The third-order valence-corrected chi connectivity index (χ3v) is 3.15. The number of aryl methyl sites for hydroxylation is 2. The average Bonchev–Trinajstić information content (AvgIpc) is 2.52. The maximum absolute atomic E-state index is 11.8. The summed E-state index contributed by atoms with van der Waals surface area (Å²) in [6.45, 7) is 3.92. The maximum atomic E-state index is 11.8. The summed E-state index contributed by atoms with van der Waals surface area (Å²) in [4.78, 5) is 23.4. The highest BCUT2D eigenvalue weighted by Gasteiger charge is 2.12. The predicted octanol–water partition coefficient (Wildman–Crippen LogP) is 2.39. The Kier molecular flexibility index (Phi) is 5.03. The molecule has 0 unspecified atom stereocenters. The molecule has 0 saturated heterocycles. The minimum Gasteiger partial charge on any atom is -0.318 e. The molecule has 0 spiro atoms. The zero-order valence-electron chi connectivity index (χ0n) is 12.5. The van der Waals surface area contributed by atoms with E-state index in [1.54, 1.807) is 6.07 Å². The Balaban J connectivity index is 1.90. The molecule has 0 aromatic heterocycles. The third kappa shape index (κ3) is 4.28. The normalized spacial score (nSPS) is 10.5. The Morgan fingerprint density at radius 2 is 1.68 bits per heavy atom. The van der Waals surface area contributed by atoms with Gasteiger partial charge in [0, 0.05) is 5.69 Å². The van der Waals surface area contributed by atoms with E-state index in [4.69, 9.17) is 0 Å². The van der Waals surface area contributed by atoms with Crippen molar-refractivity contribution in [1.29, 1.82) is 0 Å². The molecule has 0 saturated carbocycles. The molecule has 0 atom stereocenters. The Hall–Kier alpha value is -2.95. The van der Waals surface area contributed by atoms with Gasteiger partial charge in [-0.25, -0.2) is 5.43 Å². The average molecular weight is 295 g/mol. The van der Waals surface area contributed by atoms with Crippen LogP contribution >= 0.6 is 0 Å². The first-order valence-electron chi connectivity index (χ1n) is 6.83. The summed E-state index contributed by atoms with van der Waals surface area (Å²) in [7, 11) is 0. The highest BCUT2D eigenvalue weighted by molar-refractivity contribution is 6.39. The van der Waals surface area contributed by atoms with Gasteiger partial charge in [0.1, 0.15) is 0 Å². The Morgan fingerprint density at radius 3 is 2.36 bits per heavy atom. The van der Waals surface area contributed by atoms with Crippen molar-refractivity contribution in [1.82, 2.24) is 5.43 Å². The lowest BCUT2D eigenvalue weighted by atomic mass is 10.1. The number of amides is 2. The monoisotopic (exact) mass is 295 g/mol. The number of rotatable bonds is 3. The fourth-order valence-corrected chi connectivity index (χ4v) is 1.76. The molecule has 2 rings (SSSR count). The van der Waals surface area contributed by atoms with E-state index in [0.717, 1.165) is 16.7 Å². The smallest absolute Gasteiger partial charge is 0.318 e. The molecule has 5 nitrogen and oxygen atoms in total. The van der Waals surface area contributed by atoms with E-state index < -0.39 is 11.8 Å². The summed E-state index contributed by atoms with van der Waals surface area (Å²) in [5, 5.41) is 6.28. The van der Waals surface area contributed by atoms with Gasteiger partial charge in [0.25, 0.3) is 0 Å². The number of carbonyl (C=O) groups excluding carboxylic acids is 2. The molecular formula is C17H17N3O2. The first kappa shape index (κ1) is 15.4. The zero-order valence-corrected chi connectivity index (χ0v) is 12.5. The van der Waals surface area contributed by atoms with Gasteiger partial charge in [0.05, 0.1) is 6.21 Å². The van der Waals surface area contributed by atoms with Crippen LogP contribution in [0.1, 0.15) is 16.7 Å². The molecule has 2 amide bonds. The summed E-state index contributed by atoms with van der Waals surface area (Å²) in [6.07, 6.45) is 1.47. The van der Waals surface area contributed by atoms with Crippen molar-refractivity contribution in [3.8, 4) is 0 Å². The van der Waals surface area contributed by atoms with Crippen LogP contribution in [0.5, 0.6) is 0 Å². The van der Waals surface area contributed by atoms with Gasteiger partial charge in [0.15, 0.2) is 0 Å². The van der Waals surface area contributed by atoms with Crippen LogP contribution in [0.4, 0.5) is 5.69 Å². The highest BCUT2D eigenvalue weighted by atomic mass is 16.2. The first-order chi connectivity index (χ1) is 10.6. The van der Waals surface area contributed by atoms with E-state index in [1.165, 1.54) is 6.21 Å². The van der Waals surface area contributed by atoms with Crippen molar-refractivity contribution in [3.05, 3.63) is 65.2 Å². The SMILES string of the molecule is Cc1ccc(NC(=O)C(=O)N/N=C/c2ccccc2)cc1C. The molecule has 5 heteroatoms. The molecule has 2 aromatic carbocycles. The van der Waals surface area contributed by atoms with Gasteiger partial charge < -0.3 is 5.32 Å². The summed E-state index contributed by atoms with van der Waals surface area (Å²) < 4.78 is 0. The predicted molar refractivity (Wildman–Crippen MR) is 86.7 cm³/mol. The number of nitrogens with one attached hydrogen (secondary N) is 2. The molecule has 2 aromatic rings. The van der Waals surface area contributed by atoms with Crippen molar-refractivity contribution < 1.29 is 9.59 Å². The van der Waals surface area contributed by atoms with Crippen LogP contribution in [0.25, 0.3) is 0 Å². The first-order valence-corrected chi connectivity index (χ1v) is 6.83. The molecule has 0 aliphatic heterocycles. The molecule has 0 aliphatic carbocycles. The second-order valence-corrected chi connectivity index (χ2v) is 4.86. The molecule has 0 fully saturated rings. The number of benzene rings is 2. The van der Waals surface area contributed by atoms with Crippen molar-refractivity contribution in [2.45, 2.75) is 13.8 Å². The topological polar surface area (TPSA) is 70.6 Å². The van der Waals surface area contributed by atoms with Gasteiger partial charge >= 0.3 is 11.8 Å². The van der Waals surface area contributed by atoms with Gasteiger partial charge in [-0.1, -0.05) is 36.4 Å². The number of anilines is 1. The lowest BCUT2D eigenvalue weighted by Gasteiger charge is -2.06. The molecule has 0 bridgehead atoms. The zero-order chi connectivity index (χ0) is 15.9. The molecule has 0 aliphatic rings. The number of nitrogens with zero attached hydrogens (tertiary/aromatic N) is 1. The van der Waals surface area contributed by atoms with Gasteiger partial charge in [-0.05, 0) is 42.7 Å². The molecule has 22 heavy (non-hydrogen) atoms. The lowest BCUT2D eigenvalue weighted by molar-refractivity contribution is -0.136. The van der Waals surface area contributed by atoms with Crippen molar-refractivity contribution in [2.75, 3.05) is 5.32 Å². The van der Waals surface area contributed by atoms with E-state index in [9.17, 15) is 9.59 Å². The van der Waals surface area contributed by atoms with Crippen LogP contribution in [-0.4, -0.2) is 18.0 Å². The molecule has 112 valence electrons. The molecular weight excluding hydrogens is 278 g/mol. The maximum Gasteiger partial charge on any atom is 0.329 e. The van der Waals surface area contributed by atoms with Crippen molar-refractivity contribution in [2.24, 2.45) is 5.10 Å². The highest BCUT2D eigenvalue weighted by Crippen LogP contribution is 2.13. The second kappa shape index (κ2) is 7.17. The number of hydrogen-bond donors (Lipinski definition) is 2. The minimum absolute atomic E-state index is 0.579. The van der Waals surface area contributed by atoms with Crippen molar-refractivity contribution in [3.63, 3.8) is 0 Å². The Morgan fingerprint density at radius 1 is 0.955 bits per heavy atom. The van der Waals surface area contributed by atoms with Crippen LogP contribution in [0.2, 0.25) is 0 Å². The fraction of sp³-hybridized carbons (Fsp3) is 0.118. The molecule has 0 radical (unpaired) electrons. The number of carbonyl (C=O) groups is 2. The van der Waals surface area contributed by atoms with Gasteiger partial charge in [-0.3, -0.25) is 9.59 Å². The van der Waals surface area contributed by atoms with Crippen LogP contribution in [-0.2, 0) is 9.59 Å². The summed E-state index contributed by atoms with van der Waals surface area (Å²) in [5.41, 5.74) is 5.77. The molecule has 2 N–H and O–H groups in total. The Bertz CT molecular complexity index is 709. The standard InChI is InChI=1S/C17H17N3O2/c1-12-8-9-15(10-13(12)2)19-16(21)17(22)20-18-11-14-6-4-3-5-7-14/h3-11H,1-2H3,(H,19,21)(H,20,22)/b18-11+. The quantitative estimate of drug-likeness (QED) is 0.518. The van der Waals surface area contributed by atoms with E-state index in [0.29, 0.717) is 5.69 Å². The van der Waals surface area contributed by atoms with Crippen molar-refractivity contribution >= 4 is 23.7 Å². The van der Waals surface area contributed by atoms with Crippen LogP contribution in [0.3, 0.4) is 0 Å². The largest absolute Gasteiger partial charge is 0.329 e. The summed E-state index contributed by atoms with van der Waals surface area (Å²) >= 11 is 0. The van der Waals surface area contributed by atoms with Crippen LogP contribution in [0, 0.1) is 13.8 Å². The van der Waals surface area contributed by atoms with E-state index in [1.807, 2.05) is 56.3 Å². The van der Waals surface area contributed by atoms with Crippen LogP contribution in [0.15, 0.2) is 53.6 Å². The fourth-order valence-electron chi connectivity index (χ4n) is 1.76. The Labute approximate surface area is 129 Å². The number of hydrogen-bond acceptors (Lipinski definition) is 3. The van der Waals surface area contributed by atoms with Gasteiger partial charge in [-0.15, -0.1) is 0 Å². The summed E-state index contributed by atoms with van der Waals surface area (Å²) in [6, 6.07) is 14.7. The minimum atomic E-state index is -0.814.